The molecule has 0 spiro atoms. The van der Waals surface area contributed by atoms with Crippen LogP contribution >= 0.6 is 11.3 Å². The van der Waals surface area contributed by atoms with E-state index in [0.717, 1.165) is 15.6 Å². The summed E-state index contributed by atoms with van der Waals surface area (Å²) in [7, 11) is 0. The smallest absolute Gasteiger partial charge is 0.394 e. The lowest BCUT2D eigenvalue weighted by Crippen LogP contribution is -2.34. The fourth-order valence-corrected chi connectivity index (χ4v) is 3.34. The van der Waals surface area contributed by atoms with Gasteiger partial charge >= 0.3 is 12.1 Å². The number of carboxylic acid groups (broad SMARTS) is 1. The Bertz CT molecular complexity index is 588. The number of nitrogens with zero attached hydrogens (tertiary/aromatic N) is 2. The molecule has 1 N–H and O–H groups in total. The molecule has 0 aliphatic carbocycles. The van der Waals surface area contributed by atoms with E-state index in [2.05, 4.69) is 4.98 Å². The van der Waals surface area contributed by atoms with Crippen molar-refractivity contribution in [3.8, 4) is 0 Å². The summed E-state index contributed by atoms with van der Waals surface area (Å²) in [6, 6.07) is 0. The first-order valence-electron chi connectivity index (χ1n) is 7.16. The van der Waals surface area contributed by atoms with Gasteiger partial charge in [0.05, 0.1) is 22.5 Å². The minimum Gasteiger partial charge on any atom is -0.481 e. The van der Waals surface area contributed by atoms with Gasteiger partial charge < -0.3 is 10.0 Å². The molecule has 0 radical (unpaired) electrons. The quantitative estimate of drug-likeness (QED) is 0.886. The zero-order valence-corrected chi connectivity index (χ0v) is 13.3. The number of alkyl halides is 3. The molecule has 1 saturated heterocycles. The number of carbonyl (C=O) groups excluding carboxylic acids is 1. The van der Waals surface area contributed by atoms with Crippen molar-refractivity contribution in [2.45, 2.75) is 32.4 Å². The average molecular weight is 350 g/mol. The number of hydrogen-bond acceptors (Lipinski definition) is 4. The van der Waals surface area contributed by atoms with Gasteiger partial charge in [0.1, 0.15) is 0 Å². The molecule has 2 rings (SSSR count). The molecule has 1 aromatic rings. The maximum Gasteiger partial charge on any atom is 0.394 e. The fourth-order valence-electron chi connectivity index (χ4n) is 2.69. The summed E-state index contributed by atoms with van der Waals surface area (Å²) >= 11 is 1.50. The van der Waals surface area contributed by atoms with Crippen LogP contribution < -0.4 is 0 Å². The van der Waals surface area contributed by atoms with Crippen LogP contribution in [0.5, 0.6) is 0 Å². The Morgan fingerprint density at radius 3 is 2.61 bits per heavy atom. The van der Waals surface area contributed by atoms with Crippen molar-refractivity contribution < 1.29 is 27.9 Å². The normalized spacial score (nSPS) is 21.7. The molecule has 1 aliphatic heterocycles. The predicted octanol–water partition coefficient (Wildman–Crippen LogP) is 2.50. The first-order valence-corrected chi connectivity index (χ1v) is 8.04. The van der Waals surface area contributed by atoms with E-state index in [4.69, 9.17) is 5.11 Å². The van der Waals surface area contributed by atoms with Crippen molar-refractivity contribution in [1.82, 2.24) is 9.88 Å². The van der Waals surface area contributed by atoms with Gasteiger partial charge in [-0.15, -0.1) is 11.3 Å². The van der Waals surface area contributed by atoms with Gasteiger partial charge in [0.2, 0.25) is 5.91 Å². The number of aryl methyl sites for hydroxylation is 2. The topological polar surface area (TPSA) is 70.5 Å². The Morgan fingerprint density at radius 2 is 2.13 bits per heavy atom. The van der Waals surface area contributed by atoms with Crippen LogP contribution in [0.15, 0.2) is 5.38 Å². The van der Waals surface area contributed by atoms with Gasteiger partial charge in [-0.25, -0.2) is 4.98 Å². The number of likely N-dealkylation sites (tertiary alicyclic amines) is 1. The molecule has 5 nitrogen and oxygen atoms in total. The molecular formula is C14H17F3N2O3S. The lowest BCUT2D eigenvalue weighted by atomic mass is 9.96. The number of hydrogen-bond donors (Lipinski definition) is 1. The Kier molecular flexibility index (Phi) is 5.28. The Balaban J connectivity index is 1.88. The molecule has 0 bridgehead atoms. The molecule has 2 heterocycles. The molecule has 1 amide bonds. The van der Waals surface area contributed by atoms with Crippen LogP contribution in [-0.4, -0.2) is 46.1 Å². The van der Waals surface area contributed by atoms with Gasteiger partial charge in [0.25, 0.3) is 0 Å². The maximum absolute atomic E-state index is 12.9. The largest absolute Gasteiger partial charge is 0.481 e. The summed E-state index contributed by atoms with van der Waals surface area (Å²) in [5.41, 5.74) is 0.860. The molecule has 128 valence electrons. The lowest BCUT2D eigenvalue weighted by Gasteiger charge is -2.18. The summed E-state index contributed by atoms with van der Waals surface area (Å²) in [6.45, 7) is 0.913. The van der Waals surface area contributed by atoms with Crippen LogP contribution in [0.2, 0.25) is 0 Å². The van der Waals surface area contributed by atoms with E-state index in [1.807, 2.05) is 12.3 Å². The SMILES string of the molecule is Cc1nc(CCCC(=O)N2C[C@@H](C(F)(F)F)[C@H](C(=O)O)C2)cs1. The maximum atomic E-state index is 12.9. The third-order valence-corrected chi connectivity index (χ3v) is 4.72. The summed E-state index contributed by atoms with van der Waals surface area (Å²) in [6.07, 6.45) is -3.47. The highest BCUT2D eigenvalue weighted by Crippen LogP contribution is 2.37. The Labute approximate surface area is 135 Å². The first-order chi connectivity index (χ1) is 10.7. The van der Waals surface area contributed by atoms with Gasteiger partial charge in [-0.05, 0) is 19.8 Å². The number of carboxylic acids is 1. The molecule has 1 aliphatic rings. The monoisotopic (exact) mass is 350 g/mol. The minimum absolute atomic E-state index is 0.0908. The lowest BCUT2D eigenvalue weighted by molar-refractivity contribution is -0.188. The van der Waals surface area contributed by atoms with Crippen molar-refractivity contribution in [1.29, 1.82) is 0 Å². The van der Waals surface area contributed by atoms with E-state index in [1.54, 1.807) is 0 Å². The van der Waals surface area contributed by atoms with E-state index < -0.39 is 36.4 Å². The highest BCUT2D eigenvalue weighted by Gasteiger charge is 2.53. The fraction of sp³-hybridized carbons (Fsp3) is 0.643. The van der Waals surface area contributed by atoms with E-state index in [0.29, 0.717) is 12.8 Å². The summed E-state index contributed by atoms with van der Waals surface area (Å²) in [5.74, 6) is -5.53. The molecule has 0 aromatic carbocycles. The number of aromatic nitrogens is 1. The molecule has 0 saturated carbocycles. The standard InChI is InChI=1S/C14H17F3N2O3S/c1-8-18-9(7-23-8)3-2-4-12(20)19-5-10(13(21)22)11(6-19)14(15,16)17/h7,10-11H,2-6H2,1H3,(H,21,22)/t10-,11-/m1/s1. The summed E-state index contributed by atoms with van der Waals surface area (Å²) < 4.78 is 38.6. The van der Waals surface area contributed by atoms with Crippen LogP contribution in [0, 0.1) is 18.8 Å². The van der Waals surface area contributed by atoms with E-state index in [1.165, 1.54) is 11.3 Å². The van der Waals surface area contributed by atoms with Crippen LogP contribution in [0.25, 0.3) is 0 Å². The average Bonchev–Trinajstić information content (AvgIpc) is 3.04. The second-order valence-electron chi connectivity index (χ2n) is 5.60. The zero-order valence-electron chi connectivity index (χ0n) is 12.5. The molecule has 1 fully saturated rings. The molecule has 0 unspecified atom stereocenters. The van der Waals surface area contributed by atoms with Crippen LogP contribution in [0.3, 0.4) is 0 Å². The second-order valence-corrected chi connectivity index (χ2v) is 6.67. The van der Waals surface area contributed by atoms with Crippen LogP contribution in [-0.2, 0) is 16.0 Å². The molecule has 2 atom stereocenters. The van der Waals surface area contributed by atoms with Gasteiger partial charge in [0.15, 0.2) is 0 Å². The Hall–Kier alpha value is -1.64. The van der Waals surface area contributed by atoms with Crippen LogP contribution in [0.1, 0.15) is 23.5 Å². The molecule has 9 heteroatoms. The number of thiazole rings is 1. The van der Waals surface area contributed by atoms with E-state index >= 15 is 0 Å². The number of amides is 1. The van der Waals surface area contributed by atoms with Gasteiger partial charge in [0, 0.05) is 24.9 Å². The first kappa shape index (κ1) is 17.7. The number of rotatable bonds is 5. The van der Waals surface area contributed by atoms with Crippen molar-refractivity contribution >= 4 is 23.2 Å². The van der Waals surface area contributed by atoms with Gasteiger partial charge in [-0.1, -0.05) is 0 Å². The molecular weight excluding hydrogens is 333 g/mol. The summed E-state index contributed by atoms with van der Waals surface area (Å²) in [4.78, 5) is 28.3. The van der Waals surface area contributed by atoms with Crippen molar-refractivity contribution in [2.24, 2.45) is 11.8 Å². The van der Waals surface area contributed by atoms with E-state index in [9.17, 15) is 22.8 Å². The second kappa shape index (κ2) is 6.86. The number of aliphatic carboxylic acids is 1. The zero-order chi connectivity index (χ0) is 17.2. The summed E-state index contributed by atoms with van der Waals surface area (Å²) in [5, 5.41) is 11.7. The predicted molar refractivity (Wildman–Crippen MR) is 77.0 cm³/mol. The van der Waals surface area contributed by atoms with Crippen molar-refractivity contribution in [3.05, 3.63) is 16.1 Å². The minimum atomic E-state index is -4.61. The number of carbonyl (C=O) groups is 2. The highest BCUT2D eigenvalue weighted by molar-refractivity contribution is 7.09. The highest BCUT2D eigenvalue weighted by atomic mass is 32.1. The van der Waals surface area contributed by atoms with Crippen LogP contribution in [0.4, 0.5) is 13.2 Å². The van der Waals surface area contributed by atoms with Crippen molar-refractivity contribution in [2.75, 3.05) is 13.1 Å². The molecule has 1 aromatic heterocycles. The molecule has 23 heavy (non-hydrogen) atoms. The third kappa shape index (κ3) is 4.43. The van der Waals surface area contributed by atoms with E-state index in [-0.39, 0.29) is 13.0 Å². The van der Waals surface area contributed by atoms with Gasteiger partial charge in [-0.2, -0.15) is 13.2 Å². The van der Waals surface area contributed by atoms with Gasteiger partial charge in [-0.3, -0.25) is 9.59 Å². The number of halogens is 3. The third-order valence-electron chi connectivity index (χ3n) is 3.90. The van der Waals surface area contributed by atoms with Crippen molar-refractivity contribution in [3.63, 3.8) is 0 Å². The Morgan fingerprint density at radius 1 is 1.43 bits per heavy atom.